The maximum absolute atomic E-state index is 6.40. The summed E-state index contributed by atoms with van der Waals surface area (Å²) in [6.07, 6.45) is 9.76. The minimum absolute atomic E-state index is 0.451. The Bertz CT molecular complexity index is 1090. The molecule has 0 radical (unpaired) electrons. The van der Waals surface area contributed by atoms with E-state index in [2.05, 4.69) is 110 Å². The van der Waals surface area contributed by atoms with Gasteiger partial charge in [0.05, 0.1) is 6.61 Å². The summed E-state index contributed by atoms with van der Waals surface area (Å²) in [5.74, 6) is 1.51. The standard InChI is InChI=1S/C29H32NOP/c1-22-11-10-18-27(28(22)31-21-25-15-7-4-8-16-25)32-29-23(2)12-9-17-26(29)20-30-19-24-13-5-3-6-14-24/h3-15,17-18,25,30,32H,16,19-21H2,1-2H3. The molecule has 2 nitrogen and oxygen atoms in total. The first-order valence-corrected chi connectivity index (χ1v) is 12.4. The molecule has 0 aliphatic heterocycles. The van der Waals surface area contributed by atoms with E-state index in [4.69, 9.17) is 4.74 Å². The molecule has 32 heavy (non-hydrogen) atoms. The molecule has 3 heteroatoms. The second kappa shape index (κ2) is 11.3. The number of hydrogen-bond donors (Lipinski definition) is 1. The van der Waals surface area contributed by atoms with Gasteiger partial charge in [-0.2, -0.15) is 0 Å². The molecule has 0 aromatic heterocycles. The van der Waals surface area contributed by atoms with E-state index >= 15 is 0 Å². The highest BCUT2D eigenvalue weighted by molar-refractivity contribution is 7.56. The molecule has 2 unspecified atom stereocenters. The Labute approximate surface area is 194 Å². The van der Waals surface area contributed by atoms with Gasteiger partial charge in [0.1, 0.15) is 5.75 Å². The first-order chi connectivity index (χ1) is 15.7. The molecule has 3 aromatic rings. The molecule has 1 aliphatic rings. The van der Waals surface area contributed by atoms with Crippen LogP contribution in [0.3, 0.4) is 0 Å². The molecule has 0 spiro atoms. The third-order valence-electron chi connectivity index (χ3n) is 5.83. The number of benzene rings is 3. The van der Waals surface area contributed by atoms with Gasteiger partial charge < -0.3 is 10.1 Å². The molecule has 0 amide bonds. The van der Waals surface area contributed by atoms with Crippen molar-refractivity contribution >= 4 is 19.2 Å². The summed E-state index contributed by atoms with van der Waals surface area (Å²) < 4.78 is 6.40. The second-order valence-electron chi connectivity index (χ2n) is 8.39. The lowest BCUT2D eigenvalue weighted by Crippen LogP contribution is -2.21. The van der Waals surface area contributed by atoms with E-state index in [1.807, 2.05) is 0 Å². The van der Waals surface area contributed by atoms with Gasteiger partial charge in [-0.25, -0.2) is 0 Å². The Morgan fingerprint density at radius 3 is 2.50 bits per heavy atom. The summed E-state index contributed by atoms with van der Waals surface area (Å²) >= 11 is 0. The van der Waals surface area contributed by atoms with Crippen LogP contribution in [0.15, 0.2) is 91.0 Å². The molecular formula is C29H32NOP. The van der Waals surface area contributed by atoms with Gasteiger partial charge in [-0.3, -0.25) is 0 Å². The summed E-state index contributed by atoms with van der Waals surface area (Å²) in [5, 5.41) is 6.34. The average Bonchev–Trinajstić information content (AvgIpc) is 2.82. The van der Waals surface area contributed by atoms with Gasteiger partial charge in [-0.15, -0.1) is 0 Å². The van der Waals surface area contributed by atoms with Crippen molar-refractivity contribution in [2.24, 2.45) is 5.92 Å². The predicted octanol–water partition coefficient (Wildman–Crippen LogP) is 5.73. The third-order valence-corrected chi connectivity index (χ3v) is 7.46. The lowest BCUT2D eigenvalue weighted by atomic mass is 10.0. The smallest absolute Gasteiger partial charge is 0.129 e. The number of allylic oxidation sites excluding steroid dienone is 3. The lowest BCUT2D eigenvalue weighted by Gasteiger charge is -2.20. The maximum atomic E-state index is 6.40. The highest BCUT2D eigenvalue weighted by atomic mass is 31.1. The van der Waals surface area contributed by atoms with Crippen LogP contribution in [-0.4, -0.2) is 6.61 Å². The molecule has 0 saturated heterocycles. The van der Waals surface area contributed by atoms with Crippen LogP contribution in [0.2, 0.25) is 0 Å². The number of para-hydroxylation sites is 1. The number of rotatable bonds is 9. The zero-order chi connectivity index (χ0) is 22.2. The molecular weight excluding hydrogens is 409 g/mol. The Hall–Kier alpha value is -2.67. The van der Waals surface area contributed by atoms with Crippen LogP contribution in [0.1, 0.15) is 28.7 Å². The number of nitrogens with one attached hydrogen (secondary N) is 1. The van der Waals surface area contributed by atoms with Crippen molar-refractivity contribution in [2.75, 3.05) is 6.61 Å². The van der Waals surface area contributed by atoms with Crippen molar-refractivity contribution in [3.8, 4) is 5.75 Å². The SMILES string of the molecule is Cc1cccc(Pc2c(C)cccc2CNCc2ccccc2)c1OCC1C=CC=CC1. The number of aryl methyl sites for hydroxylation is 2. The molecule has 1 N–H and O–H groups in total. The molecule has 3 aromatic carbocycles. The van der Waals surface area contributed by atoms with Crippen molar-refractivity contribution in [1.29, 1.82) is 0 Å². The summed E-state index contributed by atoms with van der Waals surface area (Å²) in [6.45, 7) is 6.83. The van der Waals surface area contributed by atoms with E-state index in [1.165, 1.54) is 32.9 Å². The normalized spacial score (nSPS) is 15.5. The van der Waals surface area contributed by atoms with Gasteiger partial charge in [-0.05, 0) is 47.8 Å². The van der Waals surface area contributed by atoms with Gasteiger partial charge in [0.25, 0.3) is 0 Å². The van der Waals surface area contributed by atoms with Crippen LogP contribution in [-0.2, 0) is 13.1 Å². The van der Waals surface area contributed by atoms with Crippen LogP contribution in [0, 0.1) is 19.8 Å². The van der Waals surface area contributed by atoms with Crippen molar-refractivity contribution in [2.45, 2.75) is 33.4 Å². The van der Waals surface area contributed by atoms with Crippen molar-refractivity contribution in [1.82, 2.24) is 5.32 Å². The first-order valence-electron chi connectivity index (χ1n) is 11.4. The third kappa shape index (κ3) is 5.97. The fourth-order valence-corrected chi connectivity index (χ4v) is 5.46. The summed E-state index contributed by atoms with van der Waals surface area (Å²) in [6, 6.07) is 23.8. The average molecular weight is 442 g/mol. The van der Waals surface area contributed by atoms with Crippen LogP contribution in [0.25, 0.3) is 0 Å². The molecule has 164 valence electrons. The Balaban J connectivity index is 1.49. The van der Waals surface area contributed by atoms with Crippen molar-refractivity contribution in [3.05, 3.63) is 113 Å². The Kier molecular flexibility index (Phi) is 7.93. The quantitative estimate of drug-likeness (QED) is 0.428. The maximum Gasteiger partial charge on any atom is 0.129 e. The van der Waals surface area contributed by atoms with Crippen molar-refractivity contribution < 1.29 is 4.74 Å². The van der Waals surface area contributed by atoms with Crippen LogP contribution in [0.4, 0.5) is 0 Å². The topological polar surface area (TPSA) is 21.3 Å². The van der Waals surface area contributed by atoms with Gasteiger partial charge in [0.2, 0.25) is 0 Å². The summed E-state index contributed by atoms with van der Waals surface area (Å²) in [5.41, 5.74) is 5.23. The Morgan fingerprint density at radius 1 is 0.875 bits per heavy atom. The molecule has 0 heterocycles. The highest BCUT2D eigenvalue weighted by Gasteiger charge is 2.14. The molecule has 4 rings (SSSR count). The second-order valence-corrected chi connectivity index (χ2v) is 9.68. The highest BCUT2D eigenvalue weighted by Crippen LogP contribution is 2.26. The van der Waals surface area contributed by atoms with Crippen LogP contribution in [0.5, 0.6) is 5.75 Å². The molecule has 2 atom stereocenters. The van der Waals surface area contributed by atoms with Crippen LogP contribution >= 0.6 is 8.58 Å². The lowest BCUT2D eigenvalue weighted by molar-refractivity contribution is 0.276. The largest absolute Gasteiger partial charge is 0.492 e. The van der Waals surface area contributed by atoms with E-state index < -0.39 is 0 Å². The minimum atomic E-state index is 0.451. The van der Waals surface area contributed by atoms with Gasteiger partial charge >= 0.3 is 0 Å². The molecule has 0 fully saturated rings. The molecule has 0 bridgehead atoms. The van der Waals surface area contributed by atoms with E-state index in [0.29, 0.717) is 14.5 Å². The predicted molar refractivity (Wildman–Crippen MR) is 139 cm³/mol. The Morgan fingerprint density at radius 2 is 1.69 bits per heavy atom. The summed E-state index contributed by atoms with van der Waals surface area (Å²) in [7, 11) is 0.569. The monoisotopic (exact) mass is 441 g/mol. The van der Waals surface area contributed by atoms with Gasteiger partial charge in [-0.1, -0.05) is 99.6 Å². The van der Waals surface area contributed by atoms with Gasteiger partial charge in [0, 0.05) is 24.3 Å². The van der Waals surface area contributed by atoms with E-state index in [1.54, 1.807) is 0 Å². The number of hydrogen-bond acceptors (Lipinski definition) is 2. The fourth-order valence-electron chi connectivity index (χ4n) is 4.01. The molecule has 1 aliphatic carbocycles. The number of ether oxygens (including phenoxy) is 1. The fraction of sp³-hybridized carbons (Fsp3) is 0.241. The van der Waals surface area contributed by atoms with Gasteiger partial charge in [0.15, 0.2) is 0 Å². The van der Waals surface area contributed by atoms with Crippen molar-refractivity contribution in [3.63, 3.8) is 0 Å². The first kappa shape index (κ1) is 22.5. The zero-order valence-corrected chi connectivity index (χ0v) is 20.0. The van der Waals surface area contributed by atoms with Crippen LogP contribution < -0.4 is 20.7 Å². The minimum Gasteiger partial charge on any atom is -0.492 e. The molecule has 0 saturated carbocycles. The van der Waals surface area contributed by atoms with E-state index in [-0.39, 0.29) is 0 Å². The van der Waals surface area contributed by atoms with E-state index in [0.717, 1.165) is 31.9 Å². The zero-order valence-electron chi connectivity index (χ0n) is 19.0. The summed E-state index contributed by atoms with van der Waals surface area (Å²) in [4.78, 5) is 0. The van der Waals surface area contributed by atoms with E-state index in [9.17, 15) is 0 Å².